The lowest BCUT2D eigenvalue weighted by atomic mass is 9.70. The summed E-state index contributed by atoms with van der Waals surface area (Å²) in [6.45, 7) is 15.5. The Kier molecular flexibility index (Phi) is 9.52. The Morgan fingerprint density at radius 2 is 1.50 bits per heavy atom. The van der Waals surface area contributed by atoms with E-state index in [-0.39, 0.29) is 28.8 Å². The maximum absolute atomic E-state index is 9.22. The highest BCUT2D eigenvalue weighted by Gasteiger charge is 2.37. The van der Waals surface area contributed by atoms with E-state index in [1.54, 1.807) is 6.20 Å². The first-order valence-corrected chi connectivity index (χ1v) is 16.1. The lowest BCUT2D eigenvalue weighted by Gasteiger charge is -2.39. The molecule has 3 unspecified atom stereocenters. The Labute approximate surface area is 274 Å². The molecule has 0 fully saturated rings. The molecule has 1 heterocycles. The minimum atomic E-state index is -0.148. The van der Waals surface area contributed by atoms with E-state index in [1.807, 2.05) is 54.6 Å². The van der Waals surface area contributed by atoms with E-state index in [1.165, 1.54) is 11.8 Å². The van der Waals surface area contributed by atoms with Gasteiger partial charge in [-0.05, 0) is 57.9 Å². The predicted octanol–water partition coefficient (Wildman–Crippen LogP) is 10.2. The molecule has 1 aromatic heterocycles. The fourth-order valence-electron chi connectivity index (χ4n) is 5.97. The topological polar surface area (TPSA) is 82.7 Å². The van der Waals surface area contributed by atoms with E-state index >= 15 is 0 Å². The van der Waals surface area contributed by atoms with Crippen molar-refractivity contribution in [3.8, 4) is 28.1 Å². The van der Waals surface area contributed by atoms with Gasteiger partial charge in [-0.15, -0.1) is 0 Å². The van der Waals surface area contributed by atoms with E-state index < -0.39 is 0 Å². The van der Waals surface area contributed by atoms with Crippen LogP contribution in [0.1, 0.15) is 66.0 Å². The van der Waals surface area contributed by atoms with Crippen LogP contribution in [0.3, 0.4) is 0 Å². The quantitative estimate of drug-likeness (QED) is 0.154. The molecular weight excluding hydrogens is 564 g/mol. The van der Waals surface area contributed by atoms with E-state index in [0.29, 0.717) is 5.71 Å². The average Bonchev–Trinajstić information content (AvgIpc) is 3.04. The van der Waals surface area contributed by atoms with Gasteiger partial charge in [-0.25, -0.2) is 0 Å². The van der Waals surface area contributed by atoms with Crippen molar-refractivity contribution >= 4 is 17.5 Å². The Balaban J connectivity index is 1.51. The first-order valence-electron chi connectivity index (χ1n) is 16.1. The number of allylic oxidation sites excluding steroid dienone is 3. The minimum Gasteiger partial charge on any atom is -0.490 e. The maximum atomic E-state index is 9.22. The number of nitrogens with one attached hydrogen (secondary N) is 2. The second-order valence-corrected chi connectivity index (χ2v) is 14.4. The van der Waals surface area contributed by atoms with Crippen molar-refractivity contribution in [2.75, 3.05) is 0 Å². The Morgan fingerprint density at radius 3 is 2.13 bits per heavy atom. The maximum Gasteiger partial charge on any atom is 0.120 e. The van der Waals surface area contributed by atoms with Crippen LogP contribution < -0.4 is 4.74 Å². The van der Waals surface area contributed by atoms with Crippen molar-refractivity contribution in [3.05, 3.63) is 120 Å². The lowest BCUT2D eigenvalue weighted by molar-refractivity contribution is 0.117. The Hall–Kier alpha value is -4.64. The molecule has 0 saturated carbocycles. The van der Waals surface area contributed by atoms with Crippen LogP contribution in [0.15, 0.2) is 109 Å². The van der Waals surface area contributed by atoms with Gasteiger partial charge in [0.05, 0.1) is 11.9 Å². The summed E-state index contributed by atoms with van der Waals surface area (Å²) in [5.41, 5.74) is 8.30. The van der Waals surface area contributed by atoms with Gasteiger partial charge in [0, 0.05) is 46.9 Å². The molecule has 0 radical (unpaired) electrons. The molecule has 4 aromatic rings. The largest absolute Gasteiger partial charge is 0.490 e. The molecule has 3 aromatic carbocycles. The monoisotopic (exact) mass is 610 g/mol. The summed E-state index contributed by atoms with van der Waals surface area (Å²) < 4.78 is 6.95. The molecule has 0 amide bonds. The van der Waals surface area contributed by atoms with Crippen LogP contribution in [-0.2, 0) is 5.41 Å². The highest BCUT2D eigenvalue weighted by molar-refractivity contribution is 6.16. The van der Waals surface area contributed by atoms with Crippen LogP contribution in [0.5, 0.6) is 5.75 Å². The third kappa shape index (κ3) is 7.59. The fourth-order valence-corrected chi connectivity index (χ4v) is 5.97. The Morgan fingerprint density at radius 1 is 0.826 bits per heavy atom. The van der Waals surface area contributed by atoms with Crippen LogP contribution in [0.4, 0.5) is 0 Å². The second-order valence-electron chi connectivity index (χ2n) is 14.4. The van der Waals surface area contributed by atoms with Gasteiger partial charge in [0.2, 0.25) is 0 Å². The molecule has 46 heavy (non-hydrogen) atoms. The lowest BCUT2D eigenvalue weighted by Crippen LogP contribution is -2.39. The van der Waals surface area contributed by atoms with Crippen LogP contribution in [0.25, 0.3) is 28.0 Å². The van der Waals surface area contributed by atoms with Gasteiger partial charge in [0.15, 0.2) is 0 Å². The number of hydrogen-bond acceptors (Lipinski definition) is 5. The van der Waals surface area contributed by atoms with Crippen molar-refractivity contribution in [1.82, 2.24) is 10.2 Å². The molecule has 5 heteroatoms. The summed E-state index contributed by atoms with van der Waals surface area (Å²) in [6.07, 6.45) is 7.92. The number of ether oxygens (including phenoxy) is 1. The zero-order valence-corrected chi connectivity index (χ0v) is 28.1. The van der Waals surface area contributed by atoms with E-state index in [0.717, 1.165) is 51.3 Å². The SMILES string of the molecule is CC1C(Oc2cc(-c3cc(-c4ccccc4)cnn3)cc(C(C)(C)C)c2)CC(C(C)(C)C)=CC1C(=N)/C=C(\C=N)c1ccccc1. The number of rotatable bonds is 8. The van der Waals surface area contributed by atoms with E-state index in [2.05, 4.69) is 101 Å². The van der Waals surface area contributed by atoms with Gasteiger partial charge in [0.1, 0.15) is 11.9 Å². The van der Waals surface area contributed by atoms with E-state index in [9.17, 15) is 5.41 Å². The fraction of sp³-hybridized carbons (Fsp3) is 0.317. The summed E-state index contributed by atoms with van der Waals surface area (Å²) in [4.78, 5) is 0. The molecule has 0 aliphatic heterocycles. The molecule has 1 aliphatic rings. The van der Waals surface area contributed by atoms with Gasteiger partial charge in [0.25, 0.3) is 0 Å². The molecule has 5 rings (SSSR count). The molecule has 236 valence electrons. The average molecular weight is 611 g/mol. The number of nitrogens with zero attached hydrogens (tertiary/aromatic N) is 2. The Bertz CT molecular complexity index is 1760. The van der Waals surface area contributed by atoms with E-state index in [4.69, 9.17) is 10.1 Å². The first kappa shape index (κ1) is 32.7. The molecule has 0 bridgehead atoms. The van der Waals surface area contributed by atoms with Crippen molar-refractivity contribution in [2.45, 2.75) is 66.4 Å². The third-order valence-electron chi connectivity index (χ3n) is 8.97. The molecule has 0 spiro atoms. The smallest absolute Gasteiger partial charge is 0.120 e. The van der Waals surface area contributed by atoms with Crippen LogP contribution in [0.2, 0.25) is 0 Å². The number of benzene rings is 3. The zero-order valence-electron chi connectivity index (χ0n) is 28.1. The predicted molar refractivity (Wildman–Crippen MR) is 192 cm³/mol. The van der Waals surface area contributed by atoms with Crippen molar-refractivity contribution in [3.63, 3.8) is 0 Å². The molecule has 1 aliphatic carbocycles. The van der Waals surface area contributed by atoms with Gasteiger partial charge < -0.3 is 15.6 Å². The van der Waals surface area contributed by atoms with Gasteiger partial charge in [-0.1, -0.05) is 121 Å². The number of hydrogen-bond donors (Lipinski definition) is 2. The number of aromatic nitrogens is 2. The highest BCUT2D eigenvalue weighted by atomic mass is 16.5. The normalized spacial score (nSPS) is 18.9. The summed E-state index contributed by atoms with van der Waals surface area (Å²) in [5, 5.41) is 26.2. The summed E-state index contributed by atoms with van der Waals surface area (Å²) in [7, 11) is 0. The molecular formula is C41H46N4O. The summed E-state index contributed by atoms with van der Waals surface area (Å²) in [5.74, 6) is 0.692. The summed E-state index contributed by atoms with van der Waals surface area (Å²) in [6, 6.07) is 28.6. The van der Waals surface area contributed by atoms with Crippen molar-refractivity contribution in [1.29, 1.82) is 10.8 Å². The van der Waals surface area contributed by atoms with Gasteiger partial charge >= 0.3 is 0 Å². The minimum absolute atomic E-state index is 0.0422. The van der Waals surface area contributed by atoms with Crippen LogP contribution in [0, 0.1) is 28.1 Å². The zero-order chi connectivity index (χ0) is 33.1. The second kappa shape index (κ2) is 13.4. The molecule has 2 N–H and O–H groups in total. The van der Waals surface area contributed by atoms with Crippen molar-refractivity contribution in [2.24, 2.45) is 17.3 Å². The molecule has 3 atom stereocenters. The molecule has 5 nitrogen and oxygen atoms in total. The summed E-state index contributed by atoms with van der Waals surface area (Å²) >= 11 is 0. The van der Waals surface area contributed by atoms with Crippen LogP contribution >= 0.6 is 0 Å². The third-order valence-corrected chi connectivity index (χ3v) is 8.97. The first-order chi connectivity index (χ1) is 21.8. The van der Waals surface area contributed by atoms with Gasteiger partial charge in [-0.3, -0.25) is 0 Å². The van der Waals surface area contributed by atoms with Crippen LogP contribution in [-0.4, -0.2) is 28.2 Å². The molecule has 0 saturated heterocycles. The van der Waals surface area contributed by atoms with Crippen molar-refractivity contribution < 1.29 is 4.74 Å². The highest BCUT2D eigenvalue weighted by Crippen LogP contribution is 2.41. The standard InChI is InChI=1S/C41H46N4O/c1-27-36(37(43)20-31(25-42)28-14-10-8-11-15-28)23-34(41(5,6)7)24-39(27)46-35-19-30(18-33(22-35)40(2,3)4)38-21-32(26-44-45-38)29-16-12-9-13-17-29/h8-23,25-27,36,39,42-43H,24H2,1-7H3/b31-20+,42-25?,43-37?. The van der Waals surface area contributed by atoms with Gasteiger partial charge in [-0.2, -0.15) is 10.2 Å².